The van der Waals surface area contributed by atoms with E-state index in [1.807, 2.05) is 13.0 Å². The Bertz CT molecular complexity index is 1040. The van der Waals surface area contributed by atoms with Gasteiger partial charge in [-0.05, 0) is 54.8 Å². The average molecular weight is 379 g/mol. The van der Waals surface area contributed by atoms with E-state index in [-0.39, 0.29) is 24.1 Å². The smallest absolute Gasteiger partial charge is 0.247 e. The Morgan fingerprint density at radius 1 is 1.21 bits per heavy atom. The van der Waals surface area contributed by atoms with Crippen molar-refractivity contribution in [2.45, 2.75) is 19.8 Å². The summed E-state index contributed by atoms with van der Waals surface area (Å²) in [6, 6.07) is 11.8. The first kappa shape index (κ1) is 19.4. The van der Waals surface area contributed by atoms with Crippen LogP contribution in [0.1, 0.15) is 16.8 Å². The second-order valence-electron chi connectivity index (χ2n) is 6.55. The highest BCUT2D eigenvalue weighted by atomic mass is 19.1. The van der Waals surface area contributed by atoms with Gasteiger partial charge < -0.3 is 15.6 Å². The van der Waals surface area contributed by atoms with Crippen molar-refractivity contribution in [3.8, 4) is 0 Å². The molecule has 1 heterocycles. The van der Waals surface area contributed by atoms with Crippen molar-refractivity contribution in [3.05, 3.63) is 77.8 Å². The van der Waals surface area contributed by atoms with Crippen LogP contribution in [-0.4, -0.2) is 23.3 Å². The second kappa shape index (κ2) is 8.52. The molecule has 0 aliphatic carbocycles. The van der Waals surface area contributed by atoms with Gasteiger partial charge >= 0.3 is 0 Å². The SMILES string of the molecule is C=CC(=O)Nc1ccccc1CC(=O)NCCc1c(C)[nH]c2ccc(F)cc12. The fourth-order valence-electron chi connectivity index (χ4n) is 3.22. The van der Waals surface area contributed by atoms with Crippen LogP contribution in [0.25, 0.3) is 10.9 Å². The van der Waals surface area contributed by atoms with Gasteiger partial charge in [0.1, 0.15) is 5.82 Å². The van der Waals surface area contributed by atoms with Crippen LogP contribution in [0.5, 0.6) is 0 Å². The number of nitrogens with one attached hydrogen (secondary N) is 3. The van der Waals surface area contributed by atoms with Gasteiger partial charge in [-0.1, -0.05) is 24.8 Å². The van der Waals surface area contributed by atoms with Crippen molar-refractivity contribution in [1.82, 2.24) is 10.3 Å². The first-order valence-electron chi connectivity index (χ1n) is 9.02. The zero-order valence-corrected chi connectivity index (χ0v) is 15.6. The number of amides is 2. The number of anilines is 1. The Hall–Kier alpha value is -3.41. The zero-order chi connectivity index (χ0) is 20.1. The molecule has 0 unspecified atom stereocenters. The molecule has 0 fully saturated rings. The lowest BCUT2D eigenvalue weighted by molar-refractivity contribution is -0.120. The van der Waals surface area contributed by atoms with Crippen LogP contribution in [-0.2, 0) is 22.4 Å². The molecular formula is C22H22FN3O2. The maximum atomic E-state index is 13.6. The first-order chi connectivity index (χ1) is 13.5. The van der Waals surface area contributed by atoms with E-state index in [0.717, 1.165) is 27.7 Å². The number of carbonyl (C=O) groups is 2. The number of rotatable bonds is 7. The molecule has 5 nitrogen and oxygen atoms in total. The van der Waals surface area contributed by atoms with Crippen LogP contribution < -0.4 is 10.6 Å². The first-order valence-corrected chi connectivity index (χ1v) is 9.02. The molecule has 144 valence electrons. The molecule has 6 heteroatoms. The summed E-state index contributed by atoms with van der Waals surface area (Å²) in [6.07, 6.45) is 1.92. The summed E-state index contributed by atoms with van der Waals surface area (Å²) in [5.74, 6) is -0.756. The van der Waals surface area contributed by atoms with Gasteiger partial charge in [0.25, 0.3) is 0 Å². The fraction of sp³-hybridized carbons (Fsp3) is 0.182. The van der Waals surface area contributed by atoms with Crippen LogP contribution in [0.2, 0.25) is 0 Å². The van der Waals surface area contributed by atoms with Crippen molar-refractivity contribution in [2.24, 2.45) is 0 Å². The van der Waals surface area contributed by atoms with Gasteiger partial charge in [-0.3, -0.25) is 9.59 Å². The lowest BCUT2D eigenvalue weighted by Crippen LogP contribution is -2.27. The van der Waals surface area contributed by atoms with Gasteiger partial charge in [0.2, 0.25) is 11.8 Å². The van der Waals surface area contributed by atoms with Crippen molar-refractivity contribution < 1.29 is 14.0 Å². The number of benzene rings is 2. The number of para-hydroxylation sites is 1. The molecule has 2 aromatic carbocycles. The third-order valence-corrected chi connectivity index (χ3v) is 4.59. The summed E-state index contributed by atoms with van der Waals surface area (Å²) < 4.78 is 13.6. The molecule has 2 amide bonds. The molecule has 1 aromatic heterocycles. The monoisotopic (exact) mass is 379 g/mol. The third-order valence-electron chi connectivity index (χ3n) is 4.59. The largest absolute Gasteiger partial charge is 0.358 e. The molecule has 0 radical (unpaired) electrons. The van der Waals surface area contributed by atoms with Gasteiger partial charge in [-0.15, -0.1) is 0 Å². The number of aromatic amines is 1. The number of hydrogen-bond donors (Lipinski definition) is 3. The highest BCUT2D eigenvalue weighted by Gasteiger charge is 2.12. The number of halogens is 1. The Balaban J connectivity index is 1.62. The minimum Gasteiger partial charge on any atom is -0.358 e. The van der Waals surface area contributed by atoms with Crippen molar-refractivity contribution in [1.29, 1.82) is 0 Å². The normalized spacial score (nSPS) is 10.6. The molecule has 28 heavy (non-hydrogen) atoms. The van der Waals surface area contributed by atoms with E-state index in [4.69, 9.17) is 0 Å². The molecule has 0 bridgehead atoms. The molecule has 3 aromatic rings. The van der Waals surface area contributed by atoms with E-state index in [2.05, 4.69) is 22.2 Å². The van der Waals surface area contributed by atoms with Gasteiger partial charge in [0.05, 0.1) is 6.42 Å². The third kappa shape index (κ3) is 4.46. The minimum atomic E-state index is -0.324. The lowest BCUT2D eigenvalue weighted by Gasteiger charge is -2.10. The van der Waals surface area contributed by atoms with Crippen molar-refractivity contribution >= 4 is 28.4 Å². The van der Waals surface area contributed by atoms with Gasteiger partial charge in [0, 0.05) is 28.8 Å². The fourth-order valence-corrected chi connectivity index (χ4v) is 3.22. The Kier molecular flexibility index (Phi) is 5.89. The van der Waals surface area contributed by atoms with E-state index in [1.165, 1.54) is 18.2 Å². The lowest BCUT2D eigenvalue weighted by atomic mass is 10.1. The van der Waals surface area contributed by atoms with Gasteiger partial charge in [0.15, 0.2) is 0 Å². The van der Waals surface area contributed by atoms with Crippen LogP contribution in [0, 0.1) is 12.7 Å². The molecule has 0 spiro atoms. The maximum absolute atomic E-state index is 13.6. The average Bonchev–Trinajstić information content (AvgIpc) is 2.98. The summed E-state index contributed by atoms with van der Waals surface area (Å²) in [4.78, 5) is 27.1. The van der Waals surface area contributed by atoms with Crippen LogP contribution >= 0.6 is 0 Å². The van der Waals surface area contributed by atoms with Gasteiger partial charge in [-0.2, -0.15) is 0 Å². The van der Waals surface area contributed by atoms with Crippen LogP contribution in [0.3, 0.4) is 0 Å². The van der Waals surface area contributed by atoms with E-state index in [1.54, 1.807) is 24.3 Å². The maximum Gasteiger partial charge on any atom is 0.247 e. The molecule has 0 aliphatic rings. The summed E-state index contributed by atoms with van der Waals surface area (Å²) in [5, 5.41) is 6.43. The summed E-state index contributed by atoms with van der Waals surface area (Å²) in [7, 11) is 0. The number of aryl methyl sites for hydroxylation is 1. The van der Waals surface area contributed by atoms with E-state index >= 15 is 0 Å². The molecular weight excluding hydrogens is 357 g/mol. The Morgan fingerprint density at radius 2 is 2.00 bits per heavy atom. The topological polar surface area (TPSA) is 74.0 Å². The molecule has 0 aliphatic heterocycles. The van der Waals surface area contributed by atoms with Crippen molar-refractivity contribution in [2.75, 3.05) is 11.9 Å². The number of H-pyrrole nitrogens is 1. The van der Waals surface area contributed by atoms with E-state index in [0.29, 0.717) is 18.7 Å². The highest BCUT2D eigenvalue weighted by molar-refractivity contribution is 5.99. The summed E-state index contributed by atoms with van der Waals surface area (Å²) in [6.45, 7) is 5.80. The van der Waals surface area contributed by atoms with Crippen LogP contribution in [0.4, 0.5) is 10.1 Å². The second-order valence-corrected chi connectivity index (χ2v) is 6.55. The van der Waals surface area contributed by atoms with E-state index < -0.39 is 0 Å². The molecule has 0 saturated heterocycles. The zero-order valence-electron chi connectivity index (χ0n) is 15.6. The predicted molar refractivity (Wildman–Crippen MR) is 109 cm³/mol. The highest BCUT2D eigenvalue weighted by Crippen LogP contribution is 2.23. The number of carbonyl (C=O) groups excluding carboxylic acids is 2. The number of aromatic nitrogens is 1. The molecule has 0 saturated carbocycles. The number of hydrogen-bond acceptors (Lipinski definition) is 2. The molecule has 0 atom stereocenters. The molecule has 3 N–H and O–H groups in total. The van der Waals surface area contributed by atoms with E-state index in [9.17, 15) is 14.0 Å². The standard InChI is InChI=1S/C22H22FN3O2/c1-3-21(27)26-19-7-5-4-6-15(19)12-22(28)24-11-10-17-14(2)25-20-9-8-16(23)13-18(17)20/h3-9,13,25H,1,10-12H2,2H3,(H,24,28)(H,26,27). The predicted octanol–water partition coefficient (Wildman–Crippen LogP) is 3.64. The molecule has 3 rings (SSSR count). The van der Waals surface area contributed by atoms with Crippen LogP contribution in [0.15, 0.2) is 55.1 Å². The summed E-state index contributed by atoms with van der Waals surface area (Å²) in [5.41, 5.74) is 4.15. The minimum absolute atomic E-state index is 0.148. The Labute approximate surface area is 162 Å². The summed E-state index contributed by atoms with van der Waals surface area (Å²) >= 11 is 0. The number of fused-ring (bicyclic) bond motifs is 1. The Morgan fingerprint density at radius 3 is 2.79 bits per heavy atom. The quantitative estimate of drug-likeness (QED) is 0.548. The van der Waals surface area contributed by atoms with Crippen molar-refractivity contribution in [3.63, 3.8) is 0 Å². The van der Waals surface area contributed by atoms with Gasteiger partial charge in [-0.25, -0.2) is 4.39 Å².